The number of pyridine rings is 1. The van der Waals surface area contributed by atoms with Crippen LogP contribution in [0.1, 0.15) is 80.6 Å². The van der Waals surface area contributed by atoms with E-state index >= 15 is 0 Å². The number of amides is 1. The number of nitrogens with one attached hydrogen (secondary N) is 2. The van der Waals surface area contributed by atoms with Crippen LogP contribution in [0.4, 0.5) is 0 Å². The quantitative estimate of drug-likeness (QED) is 0.180. The minimum atomic E-state index is -0.0267. The van der Waals surface area contributed by atoms with Gasteiger partial charge < -0.3 is 10.6 Å². The van der Waals surface area contributed by atoms with Crippen LogP contribution in [0.5, 0.6) is 0 Å². The standard InChI is InChI=1S/C31H39N3O3/c1-2-28(35)16-8-4-7-15-27(23-32-21-24-20-26-14-9-10-17-29(26)33-22-24)34-31(37)19-11-18-30(36)25-12-5-3-6-13-25/h3,5-6,9-10,12-14,17,20,22,27,32H,2,4,7-8,11,15-16,18-19,21,23H2,1H3,(H,34,37). The lowest BCUT2D eigenvalue weighted by molar-refractivity contribution is -0.122. The smallest absolute Gasteiger partial charge is 0.220 e. The summed E-state index contributed by atoms with van der Waals surface area (Å²) in [6, 6.07) is 19.4. The first-order valence-electron chi connectivity index (χ1n) is 13.5. The summed E-state index contributed by atoms with van der Waals surface area (Å²) >= 11 is 0. The fourth-order valence-corrected chi connectivity index (χ4v) is 4.37. The van der Waals surface area contributed by atoms with Gasteiger partial charge in [-0.2, -0.15) is 0 Å². The molecule has 6 nitrogen and oxygen atoms in total. The zero-order valence-corrected chi connectivity index (χ0v) is 21.9. The predicted molar refractivity (Wildman–Crippen MR) is 148 cm³/mol. The van der Waals surface area contributed by atoms with Crippen molar-refractivity contribution in [1.29, 1.82) is 0 Å². The number of carbonyl (C=O) groups is 3. The van der Waals surface area contributed by atoms with E-state index in [4.69, 9.17) is 0 Å². The number of fused-ring (bicyclic) bond motifs is 1. The zero-order chi connectivity index (χ0) is 26.3. The first-order valence-corrected chi connectivity index (χ1v) is 13.5. The van der Waals surface area contributed by atoms with Gasteiger partial charge in [0, 0.05) is 62.0 Å². The van der Waals surface area contributed by atoms with Gasteiger partial charge in [0.1, 0.15) is 5.78 Å². The monoisotopic (exact) mass is 501 g/mol. The average Bonchev–Trinajstić information content (AvgIpc) is 2.92. The molecule has 1 amide bonds. The Morgan fingerprint density at radius 1 is 0.865 bits per heavy atom. The fraction of sp³-hybridized carbons (Fsp3) is 0.419. The molecule has 0 aliphatic rings. The number of nitrogens with zero attached hydrogens (tertiary/aromatic N) is 1. The normalized spacial score (nSPS) is 11.8. The van der Waals surface area contributed by atoms with E-state index in [-0.39, 0.29) is 17.7 Å². The Morgan fingerprint density at radius 2 is 1.65 bits per heavy atom. The van der Waals surface area contributed by atoms with E-state index in [1.54, 1.807) is 0 Å². The van der Waals surface area contributed by atoms with Crippen molar-refractivity contribution in [3.63, 3.8) is 0 Å². The van der Waals surface area contributed by atoms with Gasteiger partial charge in [-0.1, -0.05) is 68.3 Å². The van der Waals surface area contributed by atoms with Crippen LogP contribution in [-0.4, -0.2) is 35.0 Å². The topological polar surface area (TPSA) is 88.2 Å². The summed E-state index contributed by atoms with van der Waals surface area (Å²) in [6.45, 7) is 3.22. The molecule has 0 spiro atoms. The van der Waals surface area contributed by atoms with Crippen LogP contribution >= 0.6 is 0 Å². The summed E-state index contributed by atoms with van der Waals surface area (Å²) in [5.41, 5.74) is 2.76. The maximum absolute atomic E-state index is 12.7. The van der Waals surface area contributed by atoms with E-state index in [0.29, 0.717) is 56.5 Å². The largest absolute Gasteiger partial charge is 0.352 e. The van der Waals surface area contributed by atoms with Crippen molar-refractivity contribution in [2.75, 3.05) is 6.54 Å². The number of unbranched alkanes of at least 4 members (excludes halogenated alkanes) is 2. The van der Waals surface area contributed by atoms with E-state index in [0.717, 1.165) is 42.1 Å². The molecule has 1 heterocycles. The highest BCUT2D eigenvalue weighted by atomic mass is 16.2. The van der Waals surface area contributed by atoms with Gasteiger partial charge in [0.25, 0.3) is 0 Å². The van der Waals surface area contributed by atoms with Crippen molar-refractivity contribution >= 4 is 28.4 Å². The SMILES string of the molecule is CCC(=O)CCCCCC(CNCc1cnc2ccccc2c1)NC(=O)CCCC(=O)c1ccccc1. The van der Waals surface area contributed by atoms with Crippen molar-refractivity contribution in [2.24, 2.45) is 0 Å². The third kappa shape index (κ3) is 10.3. The second-order valence-corrected chi connectivity index (χ2v) is 9.57. The number of para-hydroxylation sites is 1. The Kier molecular flexibility index (Phi) is 11.9. The molecule has 3 aromatic rings. The molecule has 0 aliphatic carbocycles. The highest BCUT2D eigenvalue weighted by Gasteiger charge is 2.14. The van der Waals surface area contributed by atoms with Crippen LogP contribution < -0.4 is 10.6 Å². The molecule has 1 aromatic heterocycles. The molecular weight excluding hydrogens is 462 g/mol. The summed E-state index contributed by atoms with van der Waals surface area (Å²) in [5.74, 6) is 0.346. The summed E-state index contributed by atoms with van der Waals surface area (Å²) < 4.78 is 0. The summed E-state index contributed by atoms with van der Waals surface area (Å²) in [4.78, 5) is 41.0. The summed E-state index contributed by atoms with van der Waals surface area (Å²) in [7, 11) is 0. The number of hydrogen-bond acceptors (Lipinski definition) is 5. The molecule has 196 valence electrons. The van der Waals surface area contributed by atoms with Gasteiger partial charge in [0.05, 0.1) is 5.52 Å². The Bertz CT molecular complexity index is 1150. The predicted octanol–water partition coefficient (Wildman–Crippen LogP) is 5.79. The lowest BCUT2D eigenvalue weighted by atomic mass is 10.0. The van der Waals surface area contributed by atoms with Gasteiger partial charge in [-0.15, -0.1) is 0 Å². The molecule has 6 heteroatoms. The van der Waals surface area contributed by atoms with Crippen molar-refractivity contribution in [2.45, 2.75) is 77.3 Å². The van der Waals surface area contributed by atoms with Crippen LogP contribution in [0.3, 0.4) is 0 Å². The molecule has 3 rings (SSSR count). The van der Waals surface area contributed by atoms with E-state index in [2.05, 4.69) is 27.8 Å². The second kappa shape index (κ2) is 15.7. The van der Waals surface area contributed by atoms with Gasteiger partial charge >= 0.3 is 0 Å². The summed E-state index contributed by atoms with van der Waals surface area (Å²) in [5, 5.41) is 7.74. The highest BCUT2D eigenvalue weighted by molar-refractivity contribution is 5.96. The maximum Gasteiger partial charge on any atom is 0.220 e. The van der Waals surface area contributed by atoms with Crippen molar-refractivity contribution < 1.29 is 14.4 Å². The van der Waals surface area contributed by atoms with Crippen molar-refractivity contribution in [3.05, 3.63) is 78.0 Å². The van der Waals surface area contributed by atoms with Crippen molar-refractivity contribution in [3.8, 4) is 0 Å². The lowest BCUT2D eigenvalue weighted by Gasteiger charge is -2.20. The second-order valence-electron chi connectivity index (χ2n) is 9.57. The van der Waals surface area contributed by atoms with E-state index in [1.165, 1.54) is 0 Å². The van der Waals surface area contributed by atoms with Gasteiger partial charge in [0.2, 0.25) is 5.91 Å². The molecule has 1 atom stereocenters. The number of benzene rings is 2. The molecule has 0 radical (unpaired) electrons. The van der Waals surface area contributed by atoms with Gasteiger partial charge in [-0.3, -0.25) is 19.4 Å². The van der Waals surface area contributed by atoms with Crippen LogP contribution in [0.25, 0.3) is 10.9 Å². The minimum absolute atomic E-state index is 0.00684. The Balaban J connectivity index is 1.46. The van der Waals surface area contributed by atoms with E-state index in [9.17, 15) is 14.4 Å². The number of aromatic nitrogens is 1. The molecule has 2 aromatic carbocycles. The average molecular weight is 502 g/mol. The Hall–Kier alpha value is -3.38. The first-order chi connectivity index (χ1) is 18.0. The summed E-state index contributed by atoms with van der Waals surface area (Å²) in [6.07, 6.45) is 8.00. The number of ketones is 2. The van der Waals surface area contributed by atoms with Crippen LogP contribution in [-0.2, 0) is 16.1 Å². The first kappa shape index (κ1) is 28.2. The van der Waals surface area contributed by atoms with Crippen LogP contribution in [0.2, 0.25) is 0 Å². The molecule has 0 saturated carbocycles. The van der Waals surface area contributed by atoms with Crippen LogP contribution in [0, 0.1) is 0 Å². The molecule has 0 saturated heterocycles. The number of rotatable bonds is 17. The van der Waals surface area contributed by atoms with Crippen LogP contribution in [0.15, 0.2) is 66.9 Å². The molecular formula is C31H39N3O3. The molecule has 0 fully saturated rings. The fourth-order valence-electron chi connectivity index (χ4n) is 4.37. The molecule has 0 bridgehead atoms. The molecule has 2 N–H and O–H groups in total. The minimum Gasteiger partial charge on any atom is -0.352 e. The Morgan fingerprint density at radius 3 is 2.46 bits per heavy atom. The molecule has 0 aliphatic heterocycles. The van der Waals surface area contributed by atoms with E-state index < -0.39 is 0 Å². The van der Waals surface area contributed by atoms with Gasteiger partial charge in [-0.05, 0) is 37.0 Å². The van der Waals surface area contributed by atoms with E-state index in [1.807, 2.05) is 61.7 Å². The molecule has 37 heavy (non-hydrogen) atoms. The third-order valence-electron chi connectivity index (χ3n) is 6.54. The Labute approximate surface area is 220 Å². The van der Waals surface area contributed by atoms with Gasteiger partial charge in [0.15, 0.2) is 5.78 Å². The highest BCUT2D eigenvalue weighted by Crippen LogP contribution is 2.13. The zero-order valence-electron chi connectivity index (χ0n) is 21.9. The van der Waals surface area contributed by atoms with Gasteiger partial charge in [-0.25, -0.2) is 0 Å². The maximum atomic E-state index is 12.7. The number of carbonyl (C=O) groups excluding carboxylic acids is 3. The number of Topliss-reactive ketones (excluding diaryl/α,β-unsaturated/α-hetero) is 2. The number of hydrogen-bond donors (Lipinski definition) is 2. The van der Waals surface area contributed by atoms with Crippen molar-refractivity contribution in [1.82, 2.24) is 15.6 Å². The third-order valence-corrected chi connectivity index (χ3v) is 6.54. The molecule has 1 unspecified atom stereocenters. The lowest BCUT2D eigenvalue weighted by Crippen LogP contribution is -2.41.